The average molecular weight is 333 g/mol. The molecule has 1 aromatic rings. The van der Waals surface area contributed by atoms with Crippen molar-refractivity contribution in [3.8, 4) is 0 Å². The summed E-state index contributed by atoms with van der Waals surface area (Å²) in [6.45, 7) is 0.716. The third-order valence-electron chi connectivity index (χ3n) is 4.54. The number of amidine groups is 1. The topological polar surface area (TPSA) is 91.0 Å². The first-order valence-corrected chi connectivity index (χ1v) is 8.35. The molecule has 0 bridgehead atoms. The van der Waals surface area contributed by atoms with Crippen LogP contribution in [0.5, 0.6) is 0 Å². The number of halogens is 1. The summed E-state index contributed by atoms with van der Waals surface area (Å²) in [5, 5.41) is 14.6. The summed E-state index contributed by atoms with van der Waals surface area (Å²) < 4.78 is 0. The highest BCUT2D eigenvalue weighted by Gasteiger charge is 2.29. The Balaban J connectivity index is 1.85. The summed E-state index contributed by atoms with van der Waals surface area (Å²) in [6, 6.07) is 5.64. The third-order valence-corrected chi connectivity index (χ3v) is 4.85. The predicted octanol–water partition coefficient (Wildman–Crippen LogP) is 3.12. The Hall–Kier alpha value is -2.01. The number of nitrogens with one attached hydrogen (secondary N) is 3. The molecule has 0 radical (unpaired) electrons. The summed E-state index contributed by atoms with van der Waals surface area (Å²) >= 11 is 6.22. The number of rotatable bonds is 3. The molecule has 1 aromatic carbocycles. The van der Waals surface area contributed by atoms with E-state index in [1.807, 2.05) is 18.2 Å². The molecular weight excluding hydrogens is 312 g/mol. The number of hydrogen-bond acceptors (Lipinski definition) is 3. The Bertz CT molecular complexity index is 683. The van der Waals surface area contributed by atoms with Crippen LogP contribution in [0.25, 0.3) is 0 Å². The van der Waals surface area contributed by atoms with Gasteiger partial charge in [0.15, 0.2) is 0 Å². The normalized spacial score (nSPS) is 20.5. The molecule has 1 aliphatic carbocycles. The van der Waals surface area contributed by atoms with Crippen LogP contribution in [0.2, 0.25) is 5.02 Å². The van der Waals surface area contributed by atoms with Gasteiger partial charge in [-0.25, -0.2) is 0 Å². The molecule has 0 fully saturated rings. The van der Waals surface area contributed by atoms with E-state index in [1.165, 1.54) is 0 Å². The maximum atomic E-state index is 12.8. The number of carbonyl (C=O) groups excluding carboxylic acids is 1. The quantitative estimate of drug-likeness (QED) is 0.506. The minimum atomic E-state index is -0.229. The lowest BCUT2D eigenvalue weighted by atomic mass is 9.89. The van der Waals surface area contributed by atoms with E-state index >= 15 is 0 Å². The van der Waals surface area contributed by atoms with Crippen molar-refractivity contribution in [2.75, 3.05) is 11.9 Å². The molecule has 5 nitrogen and oxygen atoms in total. The maximum Gasteiger partial charge on any atom is 0.231 e. The van der Waals surface area contributed by atoms with Crippen molar-refractivity contribution in [1.29, 1.82) is 5.41 Å². The minimum Gasteiger partial charge on any atom is -0.384 e. The van der Waals surface area contributed by atoms with Gasteiger partial charge < -0.3 is 16.4 Å². The Morgan fingerprint density at radius 3 is 2.91 bits per heavy atom. The van der Waals surface area contributed by atoms with Gasteiger partial charge in [-0.1, -0.05) is 23.7 Å². The SMILES string of the molecule is N=C(N)C1=C(NC(=O)C2CCNc3c(Cl)cccc32)CCCC1. The second-order valence-corrected chi connectivity index (χ2v) is 6.45. The summed E-state index contributed by atoms with van der Waals surface area (Å²) in [5.74, 6) is -0.202. The average Bonchev–Trinajstić information content (AvgIpc) is 2.55. The molecular formula is C17H21ClN4O. The van der Waals surface area contributed by atoms with Gasteiger partial charge in [0.25, 0.3) is 0 Å². The molecule has 122 valence electrons. The highest BCUT2D eigenvalue weighted by molar-refractivity contribution is 6.33. The van der Waals surface area contributed by atoms with Crippen molar-refractivity contribution < 1.29 is 4.79 Å². The number of fused-ring (bicyclic) bond motifs is 1. The summed E-state index contributed by atoms with van der Waals surface area (Å²) in [4.78, 5) is 12.8. The zero-order valence-electron chi connectivity index (χ0n) is 12.9. The van der Waals surface area contributed by atoms with Gasteiger partial charge >= 0.3 is 0 Å². The number of nitrogens with two attached hydrogens (primary N) is 1. The fourth-order valence-corrected chi connectivity index (χ4v) is 3.61. The van der Waals surface area contributed by atoms with Crippen LogP contribution in [0, 0.1) is 5.41 Å². The molecule has 1 aliphatic heterocycles. The van der Waals surface area contributed by atoms with Gasteiger partial charge in [-0.2, -0.15) is 0 Å². The van der Waals surface area contributed by atoms with Crippen LogP contribution in [-0.2, 0) is 4.79 Å². The van der Waals surface area contributed by atoms with Gasteiger partial charge in [-0.15, -0.1) is 0 Å². The van der Waals surface area contributed by atoms with Crippen LogP contribution in [0.15, 0.2) is 29.5 Å². The molecule has 23 heavy (non-hydrogen) atoms. The van der Waals surface area contributed by atoms with E-state index in [4.69, 9.17) is 22.7 Å². The predicted molar refractivity (Wildman–Crippen MR) is 92.9 cm³/mol. The van der Waals surface area contributed by atoms with Crippen molar-refractivity contribution in [2.45, 2.75) is 38.0 Å². The number of para-hydroxylation sites is 1. The van der Waals surface area contributed by atoms with Gasteiger partial charge in [0.2, 0.25) is 5.91 Å². The molecule has 2 aliphatic rings. The van der Waals surface area contributed by atoms with Gasteiger partial charge in [0.1, 0.15) is 5.84 Å². The first kappa shape index (κ1) is 15.9. The van der Waals surface area contributed by atoms with Crippen LogP contribution in [-0.4, -0.2) is 18.3 Å². The number of allylic oxidation sites excluding steroid dienone is 1. The van der Waals surface area contributed by atoms with Crippen molar-refractivity contribution in [1.82, 2.24) is 5.32 Å². The standard InChI is InChI=1S/C17H21ClN4O/c18-13-6-3-5-10-11(8-9-21-15(10)13)17(23)22-14-7-2-1-4-12(14)16(19)20/h3,5-6,11,21H,1-2,4,7-9H2,(H3,19,20)(H,22,23). The molecule has 1 unspecified atom stereocenters. The van der Waals surface area contributed by atoms with Crippen LogP contribution < -0.4 is 16.4 Å². The lowest BCUT2D eigenvalue weighted by Crippen LogP contribution is -2.35. The van der Waals surface area contributed by atoms with Crippen molar-refractivity contribution in [2.24, 2.45) is 5.73 Å². The van der Waals surface area contributed by atoms with Gasteiger partial charge in [-0.05, 0) is 43.7 Å². The molecule has 1 atom stereocenters. The number of carbonyl (C=O) groups is 1. The number of benzene rings is 1. The first-order chi connectivity index (χ1) is 11.1. The van der Waals surface area contributed by atoms with E-state index in [0.29, 0.717) is 11.6 Å². The van der Waals surface area contributed by atoms with Gasteiger partial charge in [-0.3, -0.25) is 10.2 Å². The number of amides is 1. The summed E-state index contributed by atoms with van der Waals surface area (Å²) in [6.07, 6.45) is 4.29. The van der Waals surface area contributed by atoms with Crippen LogP contribution >= 0.6 is 11.6 Å². The largest absolute Gasteiger partial charge is 0.384 e. The Kier molecular flexibility index (Phi) is 4.57. The summed E-state index contributed by atoms with van der Waals surface area (Å²) in [7, 11) is 0. The van der Waals surface area contributed by atoms with Crippen LogP contribution in [0.1, 0.15) is 43.6 Å². The molecule has 0 saturated heterocycles. The molecule has 0 aromatic heterocycles. The van der Waals surface area contributed by atoms with Gasteiger partial charge in [0.05, 0.1) is 16.6 Å². The highest BCUT2D eigenvalue weighted by atomic mass is 35.5. The van der Waals surface area contributed by atoms with Gasteiger partial charge in [0, 0.05) is 17.8 Å². The molecule has 1 heterocycles. The monoisotopic (exact) mass is 332 g/mol. The van der Waals surface area contributed by atoms with E-state index in [0.717, 1.165) is 54.6 Å². The fraction of sp³-hybridized carbons (Fsp3) is 0.412. The second-order valence-electron chi connectivity index (χ2n) is 6.04. The number of anilines is 1. The zero-order valence-corrected chi connectivity index (χ0v) is 13.7. The van der Waals surface area contributed by atoms with Crippen LogP contribution in [0.4, 0.5) is 5.69 Å². The lowest BCUT2D eigenvalue weighted by Gasteiger charge is -2.28. The molecule has 3 rings (SSSR count). The first-order valence-electron chi connectivity index (χ1n) is 7.97. The number of hydrogen-bond donors (Lipinski definition) is 4. The highest BCUT2D eigenvalue weighted by Crippen LogP contribution is 2.37. The molecule has 6 heteroatoms. The van der Waals surface area contributed by atoms with E-state index in [1.54, 1.807) is 0 Å². The Morgan fingerprint density at radius 2 is 2.13 bits per heavy atom. The third kappa shape index (κ3) is 3.20. The fourth-order valence-electron chi connectivity index (χ4n) is 3.36. The molecule has 1 amide bonds. The Labute approximate surface area is 140 Å². The summed E-state index contributed by atoms with van der Waals surface area (Å²) in [5.41, 5.74) is 9.04. The van der Waals surface area contributed by atoms with Crippen LogP contribution in [0.3, 0.4) is 0 Å². The Morgan fingerprint density at radius 1 is 1.35 bits per heavy atom. The van der Waals surface area contributed by atoms with Crippen molar-refractivity contribution in [3.05, 3.63) is 40.1 Å². The molecule has 0 saturated carbocycles. The van der Waals surface area contributed by atoms with Crippen molar-refractivity contribution in [3.63, 3.8) is 0 Å². The molecule has 0 spiro atoms. The van der Waals surface area contributed by atoms with E-state index in [2.05, 4.69) is 10.6 Å². The van der Waals surface area contributed by atoms with Crippen molar-refractivity contribution >= 4 is 29.0 Å². The van der Waals surface area contributed by atoms with E-state index in [9.17, 15) is 4.79 Å². The minimum absolute atomic E-state index is 0.0364. The molecule has 5 N–H and O–H groups in total. The van der Waals surface area contributed by atoms with E-state index in [-0.39, 0.29) is 17.7 Å². The second kappa shape index (κ2) is 6.62. The van der Waals surface area contributed by atoms with E-state index < -0.39 is 0 Å². The zero-order chi connectivity index (χ0) is 16.4. The lowest BCUT2D eigenvalue weighted by molar-refractivity contribution is -0.122. The smallest absolute Gasteiger partial charge is 0.231 e. The maximum absolute atomic E-state index is 12.8.